The maximum atomic E-state index is 11.5. The van der Waals surface area contributed by atoms with Crippen molar-refractivity contribution in [3.05, 3.63) is 29.8 Å². The number of primary amides is 1. The fourth-order valence-electron chi connectivity index (χ4n) is 1.04. The molecule has 1 atom stereocenters. The van der Waals surface area contributed by atoms with Gasteiger partial charge in [-0.2, -0.15) is 0 Å². The number of nitrogens with two attached hydrogens (primary N) is 2. The third-order valence-electron chi connectivity index (χ3n) is 2.13. The molecule has 5 nitrogen and oxygen atoms in total. The molecule has 16 heavy (non-hydrogen) atoms. The van der Waals surface area contributed by atoms with E-state index in [9.17, 15) is 9.59 Å². The van der Waals surface area contributed by atoms with Crippen molar-refractivity contribution in [2.24, 2.45) is 11.7 Å². The van der Waals surface area contributed by atoms with Crippen LogP contribution in [0.1, 0.15) is 17.3 Å². The number of amides is 1. The van der Waals surface area contributed by atoms with E-state index >= 15 is 0 Å². The Morgan fingerprint density at radius 2 is 2.00 bits per heavy atom. The van der Waals surface area contributed by atoms with Gasteiger partial charge in [-0.15, -0.1) is 0 Å². The lowest BCUT2D eigenvalue weighted by Gasteiger charge is -2.09. The van der Waals surface area contributed by atoms with E-state index in [0.717, 1.165) is 0 Å². The molecule has 0 aliphatic rings. The second-order valence-corrected chi connectivity index (χ2v) is 3.49. The van der Waals surface area contributed by atoms with Crippen LogP contribution in [-0.2, 0) is 9.53 Å². The zero-order valence-electron chi connectivity index (χ0n) is 8.97. The van der Waals surface area contributed by atoms with Crippen molar-refractivity contribution in [3.8, 4) is 0 Å². The lowest BCUT2D eigenvalue weighted by molar-refractivity contribution is -0.122. The van der Waals surface area contributed by atoms with Crippen LogP contribution in [0.4, 0.5) is 5.69 Å². The number of rotatable bonds is 4. The minimum Gasteiger partial charge on any atom is -0.461 e. The van der Waals surface area contributed by atoms with Gasteiger partial charge in [0.1, 0.15) is 6.61 Å². The molecule has 0 heterocycles. The first-order chi connectivity index (χ1) is 7.52. The summed E-state index contributed by atoms with van der Waals surface area (Å²) < 4.78 is 4.91. The van der Waals surface area contributed by atoms with E-state index in [-0.39, 0.29) is 6.61 Å². The van der Waals surface area contributed by atoms with E-state index in [0.29, 0.717) is 11.3 Å². The van der Waals surface area contributed by atoms with Crippen molar-refractivity contribution >= 4 is 17.6 Å². The number of benzene rings is 1. The number of hydrogen-bond acceptors (Lipinski definition) is 4. The Balaban J connectivity index is 2.60. The van der Waals surface area contributed by atoms with Crippen LogP contribution < -0.4 is 11.5 Å². The smallest absolute Gasteiger partial charge is 0.340 e. The van der Waals surface area contributed by atoms with Gasteiger partial charge in [-0.3, -0.25) is 4.79 Å². The quantitative estimate of drug-likeness (QED) is 0.574. The number of ether oxygens (including phenoxy) is 1. The van der Waals surface area contributed by atoms with Gasteiger partial charge in [0, 0.05) is 5.69 Å². The van der Waals surface area contributed by atoms with E-state index in [4.69, 9.17) is 16.2 Å². The summed E-state index contributed by atoms with van der Waals surface area (Å²) in [6.45, 7) is 1.55. The summed E-state index contributed by atoms with van der Waals surface area (Å²) in [7, 11) is 0. The molecule has 0 aromatic heterocycles. The number of carbonyl (C=O) groups is 2. The van der Waals surface area contributed by atoms with Gasteiger partial charge >= 0.3 is 5.97 Å². The Kier molecular flexibility index (Phi) is 3.88. The average Bonchev–Trinajstić information content (AvgIpc) is 2.25. The van der Waals surface area contributed by atoms with E-state index in [1.54, 1.807) is 31.2 Å². The zero-order chi connectivity index (χ0) is 12.1. The second-order valence-electron chi connectivity index (χ2n) is 3.49. The molecule has 86 valence electrons. The number of carbonyl (C=O) groups excluding carboxylic acids is 2. The zero-order valence-corrected chi connectivity index (χ0v) is 8.97. The number of hydrogen-bond donors (Lipinski definition) is 2. The van der Waals surface area contributed by atoms with E-state index in [1.165, 1.54) is 0 Å². The van der Waals surface area contributed by atoms with Crippen molar-refractivity contribution in [2.45, 2.75) is 6.92 Å². The first kappa shape index (κ1) is 12.0. The molecule has 0 fully saturated rings. The van der Waals surface area contributed by atoms with Crippen molar-refractivity contribution in [1.29, 1.82) is 0 Å². The van der Waals surface area contributed by atoms with Crippen LogP contribution >= 0.6 is 0 Å². The topological polar surface area (TPSA) is 95.4 Å². The minimum absolute atomic E-state index is 0.0392. The third-order valence-corrected chi connectivity index (χ3v) is 2.13. The number of anilines is 1. The maximum Gasteiger partial charge on any atom is 0.340 e. The monoisotopic (exact) mass is 222 g/mol. The predicted octanol–water partition coefficient (Wildman–Crippen LogP) is 0.547. The summed E-state index contributed by atoms with van der Waals surface area (Å²) in [5, 5.41) is 0. The van der Waals surface area contributed by atoms with Gasteiger partial charge < -0.3 is 16.2 Å². The Morgan fingerprint density at radius 1 is 1.38 bits per heavy atom. The molecule has 0 bridgehead atoms. The van der Waals surface area contributed by atoms with E-state index < -0.39 is 17.8 Å². The molecule has 0 spiro atoms. The average molecular weight is 222 g/mol. The van der Waals surface area contributed by atoms with Crippen LogP contribution in [0.15, 0.2) is 24.3 Å². The first-order valence-electron chi connectivity index (χ1n) is 4.83. The molecule has 0 aliphatic carbocycles. The highest BCUT2D eigenvalue weighted by Crippen LogP contribution is 2.12. The molecule has 0 saturated heterocycles. The van der Waals surface area contributed by atoms with Gasteiger partial charge in [0.25, 0.3) is 0 Å². The molecule has 1 amide bonds. The second kappa shape index (κ2) is 5.16. The van der Waals surface area contributed by atoms with Crippen LogP contribution in [0.5, 0.6) is 0 Å². The summed E-state index contributed by atoms with van der Waals surface area (Å²) in [4.78, 5) is 22.3. The summed E-state index contributed by atoms with van der Waals surface area (Å²) in [5.74, 6) is -1.56. The Hall–Kier alpha value is -2.04. The van der Waals surface area contributed by atoms with Crippen molar-refractivity contribution < 1.29 is 14.3 Å². The van der Waals surface area contributed by atoms with Gasteiger partial charge in [0.15, 0.2) is 0 Å². The lowest BCUT2D eigenvalue weighted by Crippen LogP contribution is -2.26. The highest BCUT2D eigenvalue weighted by Gasteiger charge is 2.14. The normalized spacial score (nSPS) is 11.8. The SMILES string of the molecule is CC(COC(=O)c1ccccc1N)C(N)=O. The Bertz CT molecular complexity index is 404. The molecule has 0 saturated carbocycles. The highest BCUT2D eigenvalue weighted by molar-refractivity contribution is 5.95. The number of esters is 1. The molecule has 1 rings (SSSR count). The largest absolute Gasteiger partial charge is 0.461 e. The molecular formula is C11H14N2O3. The van der Waals surface area contributed by atoms with Crippen molar-refractivity contribution in [1.82, 2.24) is 0 Å². The molecule has 0 aliphatic heterocycles. The van der Waals surface area contributed by atoms with Crippen molar-refractivity contribution in [2.75, 3.05) is 12.3 Å². The minimum atomic E-state index is -0.550. The molecule has 0 radical (unpaired) electrons. The summed E-state index contributed by atoms with van der Waals surface area (Å²) >= 11 is 0. The summed E-state index contributed by atoms with van der Waals surface area (Å²) in [6.07, 6.45) is 0. The van der Waals surface area contributed by atoms with E-state index in [2.05, 4.69) is 0 Å². The van der Waals surface area contributed by atoms with Gasteiger partial charge in [-0.25, -0.2) is 4.79 Å². The Labute approximate surface area is 93.4 Å². The van der Waals surface area contributed by atoms with Crippen LogP contribution in [0, 0.1) is 5.92 Å². The fourth-order valence-corrected chi connectivity index (χ4v) is 1.04. The van der Waals surface area contributed by atoms with Crippen LogP contribution in [0.25, 0.3) is 0 Å². The molecule has 1 aromatic rings. The fraction of sp³-hybridized carbons (Fsp3) is 0.273. The molecule has 1 aromatic carbocycles. The van der Waals surface area contributed by atoms with Gasteiger partial charge in [-0.1, -0.05) is 19.1 Å². The molecular weight excluding hydrogens is 208 g/mol. The summed E-state index contributed by atoms with van der Waals surface area (Å²) in [6, 6.07) is 6.57. The standard InChI is InChI=1S/C11H14N2O3/c1-7(10(13)14)6-16-11(15)8-4-2-3-5-9(8)12/h2-5,7H,6,12H2,1H3,(H2,13,14). The Morgan fingerprint density at radius 3 is 2.56 bits per heavy atom. The molecule has 1 unspecified atom stereocenters. The van der Waals surface area contributed by atoms with E-state index in [1.807, 2.05) is 0 Å². The van der Waals surface area contributed by atoms with Crippen LogP contribution in [-0.4, -0.2) is 18.5 Å². The third kappa shape index (κ3) is 2.98. The highest BCUT2D eigenvalue weighted by atomic mass is 16.5. The lowest BCUT2D eigenvalue weighted by atomic mass is 10.2. The van der Waals surface area contributed by atoms with Gasteiger partial charge in [0.05, 0.1) is 11.5 Å². The van der Waals surface area contributed by atoms with Gasteiger partial charge in [-0.05, 0) is 12.1 Å². The van der Waals surface area contributed by atoms with Gasteiger partial charge in [0.2, 0.25) is 5.91 Å². The predicted molar refractivity (Wildman–Crippen MR) is 59.5 cm³/mol. The first-order valence-corrected chi connectivity index (χ1v) is 4.83. The summed E-state index contributed by atoms with van der Waals surface area (Å²) in [5.41, 5.74) is 11.3. The van der Waals surface area contributed by atoms with Crippen LogP contribution in [0.2, 0.25) is 0 Å². The molecule has 4 N–H and O–H groups in total. The van der Waals surface area contributed by atoms with Crippen molar-refractivity contribution in [3.63, 3.8) is 0 Å². The maximum absolute atomic E-state index is 11.5. The van der Waals surface area contributed by atoms with Crippen LogP contribution in [0.3, 0.4) is 0 Å². The number of nitrogen functional groups attached to an aromatic ring is 1. The molecule has 5 heteroatoms. The number of para-hydroxylation sites is 1.